The second-order valence-corrected chi connectivity index (χ2v) is 10.2. The van der Waals surface area contributed by atoms with Crippen LogP contribution in [0.3, 0.4) is 0 Å². The molecule has 2 bridgehead atoms. The summed E-state index contributed by atoms with van der Waals surface area (Å²) in [6, 6.07) is 9.86. The normalized spacial score (nSPS) is 31.5. The van der Waals surface area contributed by atoms with Gasteiger partial charge in [0.15, 0.2) is 5.78 Å². The topological polar surface area (TPSA) is 74.8 Å². The molecule has 3 fully saturated rings. The summed E-state index contributed by atoms with van der Waals surface area (Å²) in [4.78, 5) is 54.1. The number of carbonyl (C=O) groups is 4. The molecule has 7 rings (SSSR count). The van der Waals surface area contributed by atoms with Gasteiger partial charge in [-0.05, 0) is 53.7 Å². The van der Waals surface area contributed by atoms with E-state index in [9.17, 15) is 19.2 Å². The average Bonchev–Trinajstić information content (AvgIpc) is 3.36. The largest absolute Gasteiger partial charge is 0.291 e. The second-order valence-electron chi connectivity index (χ2n) is 8.89. The zero-order valence-electron chi connectivity index (χ0n) is 16.9. The van der Waals surface area contributed by atoms with Crippen LogP contribution >= 0.6 is 22.9 Å². The maximum absolute atomic E-state index is 13.6. The van der Waals surface area contributed by atoms with Crippen molar-refractivity contribution in [2.45, 2.75) is 6.42 Å². The van der Waals surface area contributed by atoms with E-state index in [0.717, 1.165) is 16.4 Å². The van der Waals surface area contributed by atoms with E-state index in [4.69, 9.17) is 11.6 Å². The lowest BCUT2D eigenvalue weighted by atomic mass is 9.63. The third-order valence-corrected chi connectivity index (χ3v) is 8.55. The molecule has 0 spiro atoms. The molecule has 4 aliphatic carbocycles. The highest BCUT2D eigenvalue weighted by atomic mass is 35.5. The summed E-state index contributed by atoms with van der Waals surface area (Å²) in [5, 5.41) is 3.93. The standard InChI is InChI=1S/C24H19ClN2O4S/c25-17-5-2-1-4-14(17)22(29)26(11-18(28)19-6-3-9-32-19)27-23(30)20-12-7-8-13(16-10-15(12)16)21(20)24(27)31/h1-9,12-13,15-16,20-21H,10-11H2/t12-,13-,15-,16+,20+,21+/m0/s1. The molecule has 32 heavy (non-hydrogen) atoms. The van der Waals surface area contributed by atoms with E-state index < -0.39 is 24.3 Å². The van der Waals surface area contributed by atoms with E-state index in [0.29, 0.717) is 16.7 Å². The molecule has 1 saturated heterocycles. The number of imide groups is 1. The Kier molecular flexibility index (Phi) is 4.42. The number of hydrogen-bond acceptors (Lipinski definition) is 5. The molecular formula is C24H19ClN2O4S. The number of thiophene rings is 1. The van der Waals surface area contributed by atoms with Crippen LogP contribution in [-0.4, -0.2) is 40.1 Å². The Hall–Kier alpha value is -2.77. The summed E-state index contributed by atoms with van der Waals surface area (Å²) >= 11 is 7.51. The monoisotopic (exact) mass is 466 g/mol. The second kappa shape index (κ2) is 7.12. The molecule has 0 unspecified atom stereocenters. The first-order valence-corrected chi connectivity index (χ1v) is 11.9. The van der Waals surface area contributed by atoms with Gasteiger partial charge in [0.2, 0.25) is 0 Å². The molecule has 6 nitrogen and oxygen atoms in total. The molecular weight excluding hydrogens is 448 g/mol. The fourth-order valence-electron chi connectivity index (χ4n) is 5.84. The number of hydrazine groups is 1. The fraction of sp³-hybridized carbons (Fsp3) is 0.333. The van der Waals surface area contributed by atoms with Crippen molar-refractivity contribution in [2.75, 3.05) is 6.54 Å². The molecule has 0 N–H and O–H groups in total. The first kappa shape index (κ1) is 19.9. The maximum Gasteiger partial charge on any atom is 0.274 e. The molecule has 3 amide bonds. The lowest BCUT2D eigenvalue weighted by molar-refractivity contribution is -0.154. The van der Waals surface area contributed by atoms with Gasteiger partial charge in [0.25, 0.3) is 17.7 Å². The summed E-state index contributed by atoms with van der Waals surface area (Å²) in [6.45, 7) is -0.406. The van der Waals surface area contributed by atoms with Gasteiger partial charge in [-0.2, -0.15) is 5.01 Å². The summed E-state index contributed by atoms with van der Waals surface area (Å²) < 4.78 is 0. The first-order valence-electron chi connectivity index (χ1n) is 10.7. The number of allylic oxidation sites excluding steroid dienone is 2. The smallest absolute Gasteiger partial charge is 0.274 e. The van der Waals surface area contributed by atoms with Crippen LogP contribution < -0.4 is 0 Å². The minimum Gasteiger partial charge on any atom is -0.291 e. The molecule has 0 radical (unpaired) electrons. The van der Waals surface area contributed by atoms with Gasteiger partial charge in [0.05, 0.1) is 27.3 Å². The van der Waals surface area contributed by atoms with Crippen LogP contribution in [0.25, 0.3) is 0 Å². The summed E-state index contributed by atoms with van der Waals surface area (Å²) in [7, 11) is 0. The lowest BCUT2D eigenvalue weighted by Crippen LogP contribution is -2.52. The van der Waals surface area contributed by atoms with Gasteiger partial charge < -0.3 is 0 Å². The van der Waals surface area contributed by atoms with E-state index in [1.54, 1.807) is 35.7 Å². The predicted octanol–water partition coefficient (Wildman–Crippen LogP) is 3.69. The number of halogens is 1. The van der Waals surface area contributed by atoms with Gasteiger partial charge in [-0.25, -0.2) is 5.01 Å². The number of benzene rings is 1. The molecule has 2 heterocycles. The van der Waals surface area contributed by atoms with E-state index in [-0.39, 0.29) is 40.0 Å². The van der Waals surface area contributed by atoms with Crippen molar-refractivity contribution in [1.82, 2.24) is 10.0 Å². The highest BCUT2D eigenvalue weighted by molar-refractivity contribution is 7.12. The van der Waals surface area contributed by atoms with Crippen LogP contribution in [0.2, 0.25) is 5.02 Å². The van der Waals surface area contributed by atoms with Gasteiger partial charge in [-0.3, -0.25) is 19.2 Å². The third-order valence-electron chi connectivity index (χ3n) is 7.31. The van der Waals surface area contributed by atoms with Crippen molar-refractivity contribution >= 4 is 46.4 Å². The van der Waals surface area contributed by atoms with Crippen molar-refractivity contribution in [3.05, 3.63) is 69.4 Å². The average molecular weight is 467 g/mol. The van der Waals surface area contributed by atoms with E-state index in [1.807, 2.05) is 0 Å². The molecule has 8 heteroatoms. The molecule has 2 saturated carbocycles. The van der Waals surface area contributed by atoms with Crippen molar-refractivity contribution in [2.24, 2.45) is 35.5 Å². The van der Waals surface area contributed by atoms with Crippen molar-refractivity contribution in [3.8, 4) is 0 Å². The SMILES string of the molecule is O=C(CN(C(=O)c1ccccc1Cl)N1C(=O)[C@@H]2[C@H]3C=C[C@@H]([C@@H]4C[C@H]34)[C@H]2C1=O)c1cccs1. The van der Waals surface area contributed by atoms with Crippen molar-refractivity contribution in [3.63, 3.8) is 0 Å². The van der Waals surface area contributed by atoms with Crippen LogP contribution in [0, 0.1) is 35.5 Å². The number of hydrogen-bond donors (Lipinski definition) is 0. The zero-order valence-corrected chi connectivity index (χ0v) is 18.5. The molecule has 5 aliphatic rings. The Labute approximate surface area is 193 Å². The number of Topliss-reactive ketones (excluding diaryl/α,β-unsaturated/α-hetero) is 1. The summed E-state index contributed by atoms with van der Waals surface area (Å²) in [5.41, 5.74) is 0.146. The number of ketones is 1. The quantitative estimate of drug-likeness (QED) is 0.382. The van der Waals surface area contributed by atoms with E-state index >= 15 is 0 Å². The number of carbonyl (C=O) groups excluding carboxylic acids is 4. The predicted molar refractivity (Wildman–Crippen MR) is 118 cm³/mol. The van der Waals surface area contributed by atoms with Gasteiger partial charge in [-0.15, -0.1) is 11.3 Å². The van der Waals surface area contributed by atoms with Crippen LogP contribution in [-0.2, 0) is 9.59 Å². The summed E-state index contributed by atoms with van der Waals surface area (Å²) in [5.74, 6) is -1.70. The molecule has 2 aromatic rings. The van der Waals surface area contributed by atoms with E-state index in [1.165, 1.54) is 17.4 Å². The number of nitrogens with zero attached hydrogens (tertiary/aromatic N) is 2. The highest BCUT2D eigenvalue weighted by Crippen LogP contribution is 2.65. The number of amides is 3. The van der Waals surface area contributed by atoms with Crippen LogP contribution in [0.1, 0.15) is 26.5 Å². The molecule has 1 aromatic heterocycles. The van der Waals surface area contributed by atoms with Crippen molar-refractivity contribution in [1.29, 1.82) is 0 Å². The van der Waals surface area contributed by atoms with Crippen LogP contribution in [0.15, 0.2) is 53.9 Å². The van der Waals surface area contributed by atoms with Gasteiger partial charge >= 0.3 is 0 Å². The lowest BCUT2D eigenvalue weighted by Gasteiger charge is -2.37. The molecule has 1 aliphatic heterocycles. The minimum atomic E-state index is -0.633. The zero-order chi connectivity index (χ0) is 22.1. The van der Waals surface area contributed by atoms with Gasteiger partial charge in [0, 0.05) is 0 Å². The van der Waals surface area contributed by atoms with Crippen molar-refractivity contribution < 1.29 is 19.2 Å². The minimum absolute atomic E-state index is 0.0294. The maximum atomic E-state index is 13.6. The van der Waals surface area contributed by atoms with E-state index in [2.05, 4.69) is 12.2 Å². The van der Waals surface area contributed by atoms with Gasteiger partial charge in [0.1, 0.15) is 6.54 Å². The highest BCUT2D eigenvalue weighted by Gasteiger charge is 2.68. The van der Waals surface area contributed by atoms with Gasteiger partial charge in [-0.1, -0.05) is 42.0 Å². The Balaban J connectivity index is 1.39. The Morgan fingerprint density at radius 1 is 1.00 bits per heavy atom. The molecule has 1 aromatic carbocycles. The molecule has 162 valence electrons. The van der Waals surface area contributed by atoms with Crippen LogP contribution in [0.4, 0.5) is 0 Å². The summed E-state index contributed by atoms with van der Waals surface area (Å²) in [6.07, 6.45) is 5.20. The Morgan fingerprint density at radius 2 is 1.66 bits per heavy atom. The fourth-order valence-corrected chi connectivity index (χ4v) is 6.71. The Bertz CT molecular complexity index is 1160. The Morgan fingerprint density at radius 3 is 2.25 bits per heavy atom. The van der Waals surface area contributed by atoms with Crippen LogP contribution in [0.5, 0.6) is 0 Å². The third kappa shape index (κ3) is 2.77. The molecule has 6 atom stereocenters. The number of rotatable bonds is 5. The first-order chi connectivity index (χ1) is 15.5.